The number of fused-ring (bicyclic) bond motifs is 1. The molecule has 0 aliphatic heterocycles. The van der Waals surface area contributed by atoms with E-state index in [1.54, 1.807) is 7.11 Å². The van der Waals surface area contributed by atoms with Gasteiger partial charge in [-0.05, 0) is 42.9 Å². The molecule has 2 heteroatoms. The van der Waals surface area contributed by atoms with Gasteiger partial charge in [-0.1, -0.05) is 13.8 Å². The summed E-state index contributed by atoms with van der Waals surface area (Å²) in [5.41, 5.74) is 0.271. The highest BCUT2D eigenvalue weighted by atomic mass is 16.5. The van der Waals surface area contributed by atoms with Gasteiger partial charge in [0.2, 0.25) is 0 Å². The number of hydrogen-bond donors (Lipinski definition) is 0. The molecule has 2 rings (SSSR count). The van der Waals surface area contributed by atoms with E-state index in [9.17, 15) is 4.79 Å². The molecule has 2 nitrogen and oxygen atoms in total. The standard InChI is InChI=1S/C14H24O2/c1-10(9-16-3)11-6-7-12-13(15)5-4-8-14(11,12)2/h10-12H,4-9H2,1-3H3. The van der Waals surface area contributed by atoms with E-state index >= 15 is 0 Å². The molecule has 0 heterocycles. The summed E-state index contributed by atoms with van der Waals surface area (Å²) < 4.78 is 5.28. The van der Waals surface area contributed by atoms with Crippen molar-refractivity contribution in [1.82, 2.24) is 0 Å². The van der Waals surface area contributed by atoms with Crippen molar-refractivity contribution in [2.24, 2.45) is 23.2 Å². The summed E-state index contributed by atoms with van der Waals surface area (Å²) in [6.07, 6.45) is 5.50. The second kappa shape index (κ2) is 4.48. The van der Waals surface area contributed by atoms with E-state index in [0.717, 1.165) is 25.9 Å². The predicted molar refractivity (Wildman–Crippen MR) is 64.2 cm³/mol. The van der Waals surface area contributed by atoms with Gasteiger partial charge in [-0.3, -0.25) is 4.79 Å². The number of Topliss-reactive ketones (excluding diaryl/α,β-unsaturated/α-hetero) is 1. The Kier molecular flexibility index (Phi) is 3.39. The predicted octanol–water partition coefficient (Wildman–Crippen LogP) is 3.05. The zero-order chi connectivity index (χ0) is 11.8. The van der Waals surface area contributed by atoms with Gasteiger partial charge in [-0.25, -0.2) is 0 Å². The molecule has 0 amide bonds. The molecule has 0 radical (unpaired) electrons. The van der Waals surface area contributed by atoms with Crippen LogP contribution in [0.25, 0.3) is 0 Å². The van der Waals surface area contributed by atoms with Gasteiger partial charge in [0.25, 0.3) is 0 Å². The minimum Gasteiger partial charge on any atom is -0.384 e. The highest BCUT2D eigenvalue weighted by Gasteiger charge is 2.52. The number of ketones is 1. The molecule has 2 aliphatic rings. The van der Waals surface area contributed by atoms with Gasteiger partial charge in [-0.2, -0.15) is 0 Å². The monoisotopic (exact) mass is 224 g/mol. The zero-order valence-electron chi connectivity index (χ0n) is 10.8. The van der Waals surface area contributed by atoms with E-state index in [4.69, 9.17) is 4.74 Å². The fourth-order valence-corrected chi connectivity index (χ4v) is 4.28. The fraction of sp³-hybridized carbons (Fsp3) is 0.929. The zero-order valence-corrected chi connectivity index (χ0v) is 10.8. The summed E-state index contributed by atoms with van der Waals surface area (Å²) in [6, 6.07) is 0. The van der Waals surface area contributed by atoms with Crippen molar-refractivity contribution >= 4 is 5.78 Å². The van der Waals surface area contributed by atoms with Gasteiger partial charge in [0.1, 0.15) is 5.78 Å². The Hall–Kier alpha value is -0.370. The van der Waals surface area contributed by atoms with Gasteiger partial charge < -0.3 is 4.74 Å². The molecule has 0 aromatic rings. The van der Waals surface area contributed by atoms with Crippen LogP contribution in [0.1, 0.15) is 46.0 Å². The van der Waals surface area contributed by atoms with E-state index < -0.39 is 0 Å². The van der Waals surface area contributed by atoms with Gasteiger partial charge in [0.05, 0.1) is 0 Å². The Morgan fingerprint density at radius 3 is 2.94 bits per heavy atom. The van der Waals surface area contributed by atoms with E-state index in [2.05, 4.69) is 13.8 Å². The van der Waals surface area contributed by atoms with Crippen LogP contribution >= 0.6 is 0 Å². The molecule has 2 fully saturated rings. The molecule has 4 unspecified atom stereocenters. The van der Waals surface area contributed by atoms with Crippen molar-refractivity contribution in [2.45, 2.75) is 46.0 Å². The van der Waals surface area contributed by atoms with Crippen molar-refractivity contribution in [1.29, 1.82) is 0 Å². The van der Waals surface area contributed by atoms with Gasteiger partial charge in [-0.15, -0.1) is 0 Å². The largest absolute Gasteiger partial charge is 0.384 e. The second-order valence-corrected chi connectivity index (χ2v) is 5.99. The van der Waals surface area contributed by atoms with Gasteiger partial charge in [0, 0.05) is 26.1 Å². The van der Waals surface area contributed by atoms with Crippen LogP contribution in [0.2, 0.25) is 0 Å². The van der Waals surface area contributed by atoms with Crippen molar-refractivity contribution in [3.05, 3.63) is 0 Å². The molecule has 0 spiro atoms. The maximum absolute atomic E-state index is 12.0. The molecule has 16 heavy (non-hydrogen) atoms. The fourth-order valence-electron chi connectivity index (χ4n) is 4.28. The van der Waals surface area contributed by atoms with Crippen molar-refractivity contribution in [2.75, 3.05) is 13.7 Å². The van der Waals surface area contributed by atoms with E-state index in [1.807, 2.05) is 0 Å². The van der Waals surface area contributed by atoms with Crippen molar-refractivity contribution in [3.63, 3.8) is 0 Å². The molecule has 0 N–H and O–H groups in total. The van der Waals surface area contributed by atoms with Crippen molar-refractivity contribution < 1.29 is 9.53 Å². The molecule has 4 atom stereocenters. The third-order valence-electron chi connectivity index (χ3n) is 5.05. The topological polar surface area (TPSA) is 26.3 Å². The summed E-state index contributed by atoms with van der Waals surface area (Å²) in [5, 5.41) is 0. The Morgan fingerprint density at radius 1 is 1.50 bits per heavy atom. The lowest BCUT2D eigenvalue weighted by molar-refractivity contribution is -0.130. The molecule has 92 valence electrons. The number of carbonyl (C=O) groups excluding carboxylic acids is 1. The normalized spacial score (nSPS) is 40.8. The SMILES string of the molecule is COCC(C)C1CCC2C(=O)CCCC21C. The summed E-state index contributed by atoms with van der Waals surface area (Å²) in [4.78, 5) is 12.0. The van der Waals surface area contributed by atoms with E-state index in [1.165, 1.54) is 12.8 Å². The Labute approximate surface area is 98.7 Å². The molecule has 0 aromatic heterocycles. The van der Waals surface area contributed by atoms with E-state index in [-0.39, 0.29) is 5.41 Å². The van der Waals surface area contributed by atoms with E-state index in [0.29, 0.717) is 23.5 Å². The average molecular weight is 224 g/mol. The number of carbonyl (C=O) groups is 1. The first-order valence-electron chi connectivity index (χ1n) is 6.61. The lowest BCUT2D eigenvalue weighted by Crippen LogP contribution is -2.40. The first-order valence-corrected chi connectivity index (χ1v) is 6.61. The summed E-state index contributed by atoms with van der Waals surface area (Å²) >= 11 is 0. The number of methoxy groups -OCH3 is 1. The Balaban J connectivity index is 2.14. The summed E-state index contributed by atoms with van der Waals surface area (Å²) in [5.74, 6) is 2.15. The molecule has 0 aromatic carbocycles. The third-order valence-corrected chi connectivity index (χ3v) is 5.05. The Morgan fingerprint density at radius 2 is 2.25 bits per heavy atom. The van der Waals surface area contributed by atoms with Crippen LogP contribution in [0, 0.1) is 23.2 Å². The number of rotatable bonds is 3. The highest BCUT2D eigenvalue weighted by Crippen LogP contribution is 2.56. The quantitative estimate of drug-likeness (QED) is 0.736. The minimum atomic E-state index is 0.271. The highest BCUT2D eigenvalue weighted by molar-refractivity contribution is 5.83. The van der Waals surface area contributed by atoms with Crippen LogP contribution in [-0.2, 0) is 9.53 Å². The third kappa shape index (κ3) is 1.81. The van der Waals surface area contributed by atoms with Gasteiger partial charge in [0.15, 0.2) is 0 Å². The average Bonchev–Trinajstić information content (AvgIpc) is 2.57. The first-order chi connectivity index (χ1) is 7.59. The smallest absolute Gasteiger partial charge is 0.136 e. The lowest BCUT2D eigenvalue weighted by atomic mass is 9.62. The number of ether oxygens (including phenoxy) is 1. The van der Waals surface area contributed by atoms with Crippen LogP contribution in [0.3, 0.4) is 0 Å². The van der Waals surface area contributed by atoms with Crippen LogP contribution in [0.5, 0.6) is 0 Å². The molecule has 2 aliphatic carbocycles. The molecule has 0 saturated heterocycles. The molecular formula is C14H24O2. The molecule has 0 bridgehead atoms. The minimum absolute atomic E-state index is 0.271. The maximum atomic E-state index is 12.0. The molecule has 2 saturated carbocycles. The summed E-state index contributed by atoms with van der Waals surface area (Å²) in [6.45, 7) is 5.46. The van der Waals surface area contributed by atoms with Crippen LogP contribution in [-0.4, -0.2) is 19.5 Å². The molecular weight excluding hydrogens is 200 g/mol. The first kappa shape index (κ1) is 12.1. The van der Waals surface area contributed by atoms with Crippen LogP contribution in [0.4, 0.5) is 0 Å². The van der Waals surface area contributed by atoms with Crippen molar-refractivity contribution in [3.8, 4) is 0 Å². The maximum Gasteiger partial charge on any atom is 0.136 e. The summed E-state index contributed by atoms with van der Waals surface area (Å²) in [7, 11) is 1.78. The Bertz CT molecular complexity index is 274. The van der Waals surface area contributed by atoms with Crippen LogP contribution in [0.15, 0.2) is 0 Å². The van der Waals surface area contributed by atoms with Crippen LogP contribution < -0.4 is 0 Å². The number of hydrogen-bond acceptors (Lipinski definition) is 2. The lowest BCUT2D eigenvalue weighted by Gasteiger charge is -2.42. The second-order valence-electron chi connectivity index (χ2n) is 5.99. The van der Waals surface area contributed by atoms with Gasteiger partial charge >= 0.3 is 0 Å².